The molecule has 31 heavy (non-hydrogen) atoms. The van der Waals surface area contributed by atoms with Gasteiger partial charge in [0.15, 0.2) is 5.65 Å². The molecule has 3 N–H and O–H groups in total. The number of carbonyl (C=O) groups excluding carboxylic acids is 1. The Kier molecular flexibility index (Phi) is 6.20. The molecule has 0 spiro atoms. The molecule has 4 rings (SSSR count). The molecule has 7 nitrogen and oxygen atoms in total. The number of nitrogens with one attached hydrogen (secondary N) is 1. The van der Waals surface area contributed by atoms with Gasteiger partial charge in [-0.3, -0.25) is 9.36 Å². The lowest BCUT2D eigenvalue weighted by molar-refractivity contribution is 0.0946. The third-order valence-corrected chi connectivity index (χ3v) is 5.97. The van der Waals surface area contributed by atoms with Crippen LogP contribution in [0.5, 0.6) is 0 Å². The Hall–Kier alpha value is -2.97. The molecule has 0 aliphatic heterocycles. The molecule has 0 aliphatic rings. The van der Waals surface area contributed by atoms with E-state index in [0.29, 0.717) is 47.8 Å². The minimum absolute atomic E-state index is 0.267. The molecule has 8 heteroatoms. The van der Waals surface area contributed by atoms with Crippen molar-refractivity contribution in [2.24, 2.45) is 0 Å². The van der Waals surface area contributed by atoms with E-state index in [9.17, 15) is 4.79 Å². The van der Waals surface area contributed by atoms with Gasteiger partial charge in [-0.05, 0) is 56.2 Å². The molecule has 0 bridgehead atoms. The Morgan fingerprint density at radius 2 is 1.94 bits per heavy atom. The minimum atomic E-state index is -0.267. The number of nitrogens with zero attached hydrogens (tertiary/aromatic N) is 3. The molecular weight excluding hydrogens is 458 g/mol. The summed E-state index contributed by atoms with van der Waals surface area (Å²) in [6, 6.07) is 13.5. The van der Waals surface area contributed by atoms with Crippen molar-refractivity contribution in [1.29, 1.82) is 0 Å². The van der Waals surface area contributed by atoms with Crippen molar-refractivity contribution in [2.45, 2.75) is 20.3 Å². The van der Waals surface area contributed by atoms with E-state index in [0.717, 1.165) is 27.7 Å². The smallest absolute Gasteiger partial charge is 0.257 e. The highest BCUT2D eigenvalue weighted by atomic mass is 79.9. The Labute approximate surface area is 188 Å². The molecule has 4 aromatic rings. The van der Waals surface area contributed by atoms with E-state index < -0.39 is 0 Å². The van der Waals surface area contributed by atoms with Crippen LogP contribution in [0, 0.1) is 6.92 Å². The van der Waals surface area contributed by atoms with Crippen molar-refractivity contribution < 1.29 is 9.53 Å². The largest absolute Gasteiger partial charge is 0.384 e. The van der Waals surface area contributed by atoms with Crippen LogP contribution in [0.1, 0.15) is 29.3 Å². The Balaban J connectivity index is 1.85. The Morgan fingerprint density at radius 1 is 1.19 bits per heavy atom. The van der Waals surface area contributed by atoms with Gasteiger partial charge >= 0.3 is 0 Å². The van der Waals surface area contributed by atoms with E-state index in [4.69, 9.17) is 20.4 Å². The first-order valence-electron chi connectivity index (χ1n) is 10.2. The van der Waals surface area contributed by atoms with E-state index in [1.165, 1.54) is 0 Å². The summed E-state index contributed by atoms with van der Waals surface area (Å²) in [6.07, 6.45) is 0.721. The molecule has 0 atom stereocenters. The van der Waals surface area contributed by atoms with Gasteiger partial charge in [0.1, 0.15) is 16.9 Å². The zero-order chi connectivity index (χ0) is 22.0. The molecule has 2 aromatic carbocycles. The fourth-order valence-corrected chi connectivity index (χ4v) is 3.77. The topological polar surface area (TPSA) is 95.1 Å². The van der Waals surface area contributed by atoms with Gasteiger partial charge in [0.05, 0.1) is 11.0 Å². The first kappa shape index (κ1) is 21.3. The predicted molar refractivity (Wildman–Crippen MR) is 127 cm³/mol. The lowest BCUT2D eigenvalue weighted by Crippen LogP contribution is -2.26. The van der Waals surface area contributed by atoms with Gasteiger partial charge < -0.3 is 15.8 Å². The molecule has 160 valence electrons. The summed E-state index contributed by atoms with van der Waals surface area (Å²) in [5.41, 5.74) is 11.2. The Morgan fingerprint density at radius 3 is 2.65 bits per heavy atom. The van der Waals surface area contributed by atoms with Crippen LogP contribution in [-0.4, -0.2) is 40.2 Å². The quantitative estimate of drug-likeness (QED) is 0.381. The van der Waals surface area contributed by atoms with Crippen LogP contribution < -0.4 is 11.1 Å². The number of para-hydroxylation sites is 2. The third kappa shape index (κ3) is 4.13. The number of amides is 1. The number of carbonyl (C=O) groups is 1. The summed E-state index contributed by atoms with van der Waals surface area (Å²) in [5, 5.41) is 2.94. The number of ether oxygens (including phenoxy) is 1. The van der Waals surface area contributed by atoms with E-state index in [-0.39, 0.29) is 5.91 Å². The number of aryl methyl sites for hydroxylation is 1. The molecule has 0 aliphatic carbocycles. The van der Waals surface area contributed by atoms with Crippen LogP contribution >= 0.6 is 15.9 Å². The minimum Gasteiger partial charge on any atom is -0.384 e. The first-order valence-corrected chi connectivity index (χ1v) is 11.0. The number of hydrogen-bond acceptors (Lipinski definition) is 5. The number of anilines is 1. The molecular formula is C23H24BrN5O2. The maximum atomic E-state index is 13.1. The summed E-state index contributed by atoms with van der Waals surface area (Å²) in [5.74, 6) is 0.0468. The zero-order valence-corrected chi connectivity index (χ0v) is 19.1. The number of fused-ring (bicyclic) bond motifs is 2. The average molecular weight is 482 g/mol. The van der Waals surface area contributed by atoms with Crippen molar-refractivity contribution in [2.75, 3.05) is 25.5 Å². The van der Waals surface area contributed by atoms with Crippen molar-refractivity contribution >= 4 is 49.9 Å². The van der Waals surface area contributed by atoms with Crippen molar-refractivity contribution in [3.8, 4) is 5.69 Å². The number of rotatable bonds is 7. The number of nitrogens with two attached hydrogens (primary N) is 1. The molecule has 0 saturated carbocycles. The summed E-state index contributed by atoms with van der Waals surface area (Å²) in [7, 11) is 0. The van der Waals surface area contributed by atoms with E-state index in [1.54, 1.807) is 4.57 Å². The number of hydrogen-bond donors (Lipinski definition) is 2. The van der Waals surface area contributed by atoms with E-state index in [2.05, 4.69) is 21.2 Å². The third-order valence-electron chi connectivity index (χ3n) is 5.08. The SMILES string of the molecule is CCOCCCNC(=O)c1c(N)n(-c2ccc(Br)c(C)c2)c2nc3ccccc3nc12. The van der Waals surface area contributed by atoms with Crippen LogP contribution in [-0.2, 0) is 4.74 Å². The Bertz CT molecular complexity index is 1270. The van der Waals surface area contributed by atoms with E-state index in [1.807, 2.05) is 56.3 Å². The summed E-state index contributed by atoms with van der Waals surface area (Å²) >= 11 is 3.53. The highest BCUT2D eigenvalue weighted by molar-refractivity contribution is 9.10. The van der Waals surface area contributed by atoms with Crippen molar-refractivity contribution in [1.82, 2.24) is 19.9 Å². The van der Waals surface area contributed by atoms with Gasteiger partial charge in [0, 0.05) is 29.9 Å². The number of aromatic nitrogens is 3. The summed E-state index contributed by atoms with van der Waals surface area (Å²) in [6.45, 7) is 5.69. The molecule has 0 fully saturated rings. The van der Waals surface area contributed by atoms with Gasteiger partial charge in [-0.15, -0.1) is 0 Å². The second-order valence-corrected chi connectivity index (χ2v) is 8.07. The van der Waals surface area contributed by atoms with Gasteiger partial charge in [0.2, 0.25) is 0 Å². The van der Waals surface area contributed by atoms with Crippen molar-refractivity contribution in [3.05, 3.63) is 58.1 Å². The lowest BCUT2D eigenvalue weighted by Gasteiger charge is -2.10. The maximum Gasteiger partial charge on any atom is 0.257 e. The highest BCUT2D eigenvalue weighted by Gasteiger charge is 2.24. The number of benzene rings is 2. The van der Waals surface area contributed by atoms with Gasteiger partial charge in [-0.2, -0.15) is 0 Å². The number of halogens is 1. The average Bonchev–Trinajstić information content (AvgIpc) is 3.04. The van der Waals surface area contributed by atoms with Crippen LogP contribution in [0.15, 0.2) is 46.9 Å². The van der Waals surface area contributed by atoms with Crippen LogP contribution in [0.2, 0.25) is 0 Å². The van der Waals surface area contributed by atoms with Gasteiger partial charge in [-0.25, -0.2) is 9.97 Å². The zero-order valence-electron chi connectivity index (χ0n) is 17.5. The van der Waals surface area contributed by atoms with Crippen LogP contribution in [0.3, 0.4) is 0 Å². The normalized spacial score (nSPS) is 11.3. The summed E-state index contributed by atoms with van der Waals surface area (Å²) < 4.78 is 8.13. The molecule has 1 amide bonds. The molecule has 0 saturated heterocycles. The predicted octanol–water partition coefficient (Wildman–Crippen LogP) is 4.38. The van der Waals surface area contributed by atoms with E-state index >= 15 is 0 Å². The van der Waals surface area contributed by atoms with Crippen LogP contribution in [0.25, 0.3) is 27.9 Å². The first-order chi connectivity index (χ1) is 15.0. The second-order valence-electron chi connectivity index (χ2n) is 7.22. The lowest BCUT2D eigenvalue weighted by atomic mass is 10.2. The maximum absolute atomic E-state index is 13.1. The number of nitrogen functional groups attached to an aromatic ring is 1. The summed E-state index contributed by atoms with van der Waals surface area (Å²) in [4.78, 5) is 22.6. The standard InChI is InChI=1S/C23H24BrN5O2/c1-3-31-12-6-11-26-23(30)19-20-22(28-18-8-5-4-7-17(18)27-20)29(21(19)25)15-9-10-16(24)14(2)13-15/h4-5,7-10,13H,3,6,11-12,25H2,1-2H3,(H,26,30). The van der Waals surface area contributed by atoms with Crippen molar-refractivity contribution in [3.63, 3.8) is 0 Å². The fraction of sp³-hybridized carbons (Fsp3) is 0.261. The monoisotopic (exact) mass is 481 g/mol. The van der Waals surface area contributed by atoms with Crippen LogP contribution in [0.4, 0.5) is 5.82 Å². The second kappa shape index (κ2) is 9.03. The molecule has 2 aromatic heterocycles. The molecule has 0 radical (unpaired) electrons. The highest BCUT2D eigenvalue weighted by Crippen LogP contribution is 2.32. The molecule has 0 unspecified atom stereocenters. The van der Waals surface area contributed by atoms with Gasteiger partial charge in [0.25, 0.3) is 5.91 Å². The fourth-order valence-electron chi connectivity index (χ4n) is 3.52. The molecule has 2 heterocycles. The van der Waals surface area contributed by atoms with Gasteiger partial charge in [-0.1, -0.05) is 28.1 Å².